The molecule has 0 aromatic heterocycles. The fourth-order valence-corrected chi connectivity index (χ4v) is 2.25. The molecule has 2 aromatic rings. The van der Waals surface area contributed by atoms with Crippen molar-refractivity contribution in [2.24, 2.45) is 0 Å². The first-order valence-electron chi connectivity index (χ1n) is 7.24. The maximum Gasteiger partial charge on any atom is 0.308 e. The van der Waals surface area contributed by atoms with E-state index in [1.165, 1.54) is 13.8 Å². The molecule has 0 heterocycles. The zero-order valence-corrected chi connectivity index (χ0v) is 13.1. The Morgan fingerprint density at radius 3 is 2.35 bits per heavy atom. The lowest BCUT2D eigenvalue weighted by atomic mass is 10.0. The number of nitrogen functional groups attached to an aromatic ring is 1. The van der Waals surface area contributed by atoms with Gasteiger partial charge in [-0.15, -0.1) is 0 Å². The van der Waals surface area contributed by atoms with E-state index in [1.807, 2.05) is 18.2 Å². The topological polar surface area (TPSA) is 78.6 Å². The van der Waals surface area contributed by atoms with Crippen LogP contribution in [-0.2, 0) is 20.7 Å². The van der Waals surface area contributed by atoms with Crippen LogP contribution in [0.25, 0.3) is 0 Å². The Hall–Kier alpha value is -2.82. The fourth-order valence-electron chi connectivity index (χ4n) is 2.25. The van der Waals surface area contributed by atoms with Crippen molar-refractivity contribution in [1.82, 2.24) is 0 Å². The summed E-state index contributed by atoms with van der Waals surface area (Å²) in [6, 6.07) is 14.3. The molecule has 23 heavy (non-hydrogen) atoms. The highest BCUT2D eigenvalue weighted by Crippen LogP contribution is 2.25. The third-order valence-electron chi connectivity index (χ3n) is 3.20. The lowest BCUT2D eigenvalue weighted by molar-refractivity contribution is -0.146. The summed E-state index contributed by atoms with van der Waals surface area (Å²) in [6.45, 7) is 2.72. The lowest BCUT2D eigenvalue weighted by Gasteiger charge is -2.18. The molecule has 5 nitrogen and oxygen atoms in total. The number of ether oxygens (including phenoxy) is 2. The van der Waals surface area contributed by atoms with Gasteiger partial charge in [-0.1, -0.05) is 24.3 Å². The number of benzene rings is 2. The first-order chi connectivity index (χ1) is 10.9. The summed E-state index contributed by atoms with van der Waals surface area (Å²) in [5.41, 5.74) is 8.09. The van der Waals surface area contributed by atoms with Gasteiger partial charge in [0, 0.05) is 26.0 Å². The zero-order chi connectivity index (χ0) is 16.8. The van der Waals surface area contributed by atoms with E-state index >= 15 is 0 Å². The smallest absolute Gasteiger partial charge is 0.308 e. The van der Waals surface area contributed by atoms with Crippen LogP contribution < -0.4 is 10.5 Å². The number of anilines is 1. The summed E-state index contributed by atoms with van der Waals surface area (Å²) < 4.78 is 10.5. The Balaban J connectivity index is 2.22. The van der Waals surface area contributed by atoms with E-state index < -0.39 is 6.10 Å². The van der Waals surface area contributed by atoms with Crippen molar-refractivity contribution in [1.29, 1.82) is 0 Å². The number of hydrogen-bond donors (Lipinski definition) is 1. The molecule has 0 aliphatic rings. The number of hydrogen-bond acceptors (Lipinski definition) is 5. The van der Waals surface area contributed by atoms with Crippen LogP contribution in [0.4, 0.5) is 5.69 Å². The summed E-state index contributed by atoms with van der Waals surface area (Å²) in [6.07, 6.45) is 0.0409. The molecule has 120 valence electrons. The number of carbonyl (C=O) groups is 2. The summed E-state index contributed by atoms with van der Waals surface area (Å²) >= 11 is 0. The van der Waals surface area contributed by atoms with Crippen molar-refractivity contribution < 1.29 is 19.1 Å². The monoisotopic (exact) mass is 313 g/mol. The largest absolute Gasteiger partial charge is 0.457 e. The highest BCUT2D eigenvalue weighted by Gasteiger charge is 2.16. The second-order valence-electron chi connectivity index (χ2n) is 5.21. The molecule has 0 fully saturated rings. The Morgan fingerprint density at radius 2 is 1.74 bits per heavy atom. The molecule has 0 spiro atoms. The van der Waals surface area contributed by atoms with Crippen LogP contribution in [0.15, 0.2) is 48.5 Å². The molecule has 0 amide bonds. The molecule has 1 atom stereocenters. The molecule has 2 aromatic carbocycles. The van der Waals surface area contributed by atoms with Crippen molar-refractivity contribution in [2.75, 3.05) is 5.73 Å². The van der Waals surface area contributed by atoms with Crippen molar-refractivity contribution in [2.45, 2.75) is 26.4 Å². The van der Waals surface area contributed by atoms with Crippen LogP contribution >= 0.6 is 0 Å². The van der Waals surface area contributed by atoms with Gasteiger partial charge in [0.05, 0.1) is 0 Å². The minimum atomic E-state index is -0.430. The maximum atomic E-state index is 11.4. The first-order valence-corrected chi connectivity index (χ1v) is 7.24. The molecular weight excluding hydrogens is 294 g/mol. The van der Waals surface area contributed by atoms with Gasteiger partial charge in [-0.2, -0.15) is 0 Å². The summed E-state index contributed by atoms with van der Waals surface area (Å²) in [7, 11) is 0. The van der Waals surface area contributed by atoms with Gasteiger partial charge in [0.2, 0.25) is 0 Å². The van der Waals surface area contributed by atoms with E-state index in [1.54, 1.807) is 30.3 Å². The van der Waals surface area contributed by atoms with Gasteiger partial charge in [0.25, 0.3) is 0 Å². The van der Waals surface area contributed by atoms with Crippen molar-refractivity contribution >= 4 is 17.6 Å². The van der Waals surface area contributed by atoms with Crippen LogP contribution in [0.1, 0.15) is 31.1 Å². The van der Waals surface area contributed by atoms with E-state index in [4.69, 9.17) is 15.2 Å². The molecule has 0 aliphatic heterocycles. The van der Waals surface area contributed by atoms with E-state index in [9.17, 15) is 9.59 Å². The Kier molecular flexibility index (Phi) is 5.36. The van der Waals surface area contributed by atoms with Gasteiger partial charge >= 0.3 is 11.9 Å². The third kappa shape index (κ3) is 5.14. The summed E-state index contributed by atoms with van der Waals surface area (Å²) in [5.74, 6) is -0.269. The molecule has 1 unspecified atom stereocenters. The van der Waals surface area contributed by atoms with Gasteiger partial charge in [-0.05, 0) is 35.4 Å². The third-order valence-corrected chi connectivity index (χ3v) is 3.20. The Morgan fingerprint density at radius 1 is 1.04 bits per heavy atom. The van der Waals surface area contributed by atoms with E-state index in [-0.39, 0.29) is 11.9 Å². The van der Waals surface area contributed by atoms with E-state index in [2.05, 4.69) is 0 Å². The summed E-state index contributed by atoms with van der Waals surface area (Å²) in [4.78, 5) is 22.4. The molecule has 0 saturated carbocycles. The molecule has 0 aliphatic carbocycles. The van der Waals surface area contributed by atoms with E-state index in [0.717, 1.165) is 11.1 Å². The average Bonchev–Trinajstić information content (AvgIpc) is 2.46. The minimum absolute atomic E-state index is 0.358. The first kappa shape index (κ1) is 16.5. The van der Waals surface area contributed by atoms with Crippen LogP contribution in [0.2, 0.25) is 0 Å². The SMILES string of the molecule is CC(=O)Oc1cccc(CC(OC(C)=O)c2ccc(N)cc2)c1. The van der Waals surface area contributed by atoms with Crippen LogP contribution in [0, 0.1) is 0 Å². The van der Waals surface area contributed by atoms with Gasteiger partial charge < -0.3 is 15.2 Å². The van der Waals surface area contributed by atoms with Gasteiger partial charge in [-0.25, -0.2) is 0 Å². The Labute approximate surface area is 135 Å². The van der Waals surface area contributed by atoms with Gasteiger partial charge in [-0.3, -0.25) is 9.59 Å². The molecule has 2 N–H and O–H groups in total. The van der Waals surface area contributed by atoms with E-state index in [0.29, 0.717) is 17.9 Å². The minimum Gasteiger partial charge on any atom is -0.457 e. The molecular formula is C18H19NO4. The predicted molar refractivity (Wildman–Crippen MR) is 86.8 cm³/mol. The summed E-state index contributed by atoms with van der Waals surface area (Å²) in [5, 5.41) is 0. The molecule has 0 bridgehead atoms. The Bertz CT molecular complexity index is 694. The van der Waals surface area contributed by atoms with Crippen LogP contribution in [0.3, 0.4) is 0 Å². The highest BCUT2D eigenvalue weighted by molar-refractivity contribution is 5.69. The quantitative estimate of drug-likeness (QED) is 0.521. The second kappa shape index (κ2) is 7.45. The lowest BCUT2D eigenvalue weighted by Crippen LogP contribution is -2.11. The van der Waals surface area contributed by atoms with Crippen LogP contribution in [0.5, 0.6) is 5.75 Å². The number of carbonyl (C=O) groups excluding carboxylic acids is 2. The normalized spacial score (nSPS) is 11.6. The van der Waals surface area contributed by atoms with Crippen molar-refractivity contribution in [3.8, 4) is 5.75 Å². The predicted octanol–water partition coefficient (Wildman–Crippen LogP) is 3.04. The number of esters is 2. The van der Waals surface area contributed by atoms with Crippen molar-refractivity contribution in [3.05, 3.63) is 59.7 Å². The molecule has 0 radical (unpaired) electrons. The average molecular weight is 313 g/mol. The molecule has 0 saturated heterocycles. The van der Waals surface area contributed by atoms with Crippen molar-refractivity contribution in [3.63, 3.8) is 0 Å². The number of nitrogens with two attached hydrogens (primary N) is 1. The zero-order valence-electron chi connectivity index (χ0n) is 13.1. The van der Waals surface area contributed by atoms with Gasteiger partial charge in [0.1, 0.15) is 11.9 Å². The van der Waals surface area contributed by atoms with Crippen LogP contribution in [-0.4, -0.2) is 11.9 Å². The highest BCUT2D eigenvalue weighted by atomic mass is 16.5. The fraction of sp³-hybridized carbons (Fsp3) is 0.222. The standard InChI is InChI=1S/C18H19NO4/c1-12(20)22-17-5-3-4-14(10-17)11-18(23-13(2)21)15-6-8-16(19)9-7-15/h3-10,18H,11,19H2,1-2H3. The molecule has 2 rings (SSSR count). The number of rotatable bonds is 5. The molecule has 5 heteroatoms. The maximum absolute atomic E-state index is 11.4. The van der Waals surface area contributed by atoms with Gasteiger partial charge in [0.15, 0.2) is 0 Å². The second-order valence-corrected chi connectivity index (χ2v) is 5.21.